The first kappa shape index (κ1) is 10.5. The third kappa shape index (κ3) is 1.96. The van der Waals surface area contributed by atoms with Crippen LogP contribution in [0.1, 0.15) is 0 Å². The number of hydrogen-bond donors (Lipinski definition) is 0. The predicted molar refractivity (Wildman–Crippen MR) is 68.7 cm³/mol. The molecule has 0 fully saturated rings. The van der Waals surface area contributed by atoms with Crippen LogP contribution in [0, 0.1) is 5.82 Å². The number of rotatable bonds is 1. The average Bonchev–Trinajstić information content (AvgIpc) is 2.72. The molecule has 0 N–H and O–H groups in total. The molecule has 0 amide bonds. The number of nitrogens with zero attached hydrogens (tertiary/aromatic N) is 2. The van der Waals surface area contributed by atoms with Gasteiger partial charge in [0.1, 0.15) is 5.82 Å². The Balaban J connectivity index is 2.14. The Labute approximate surface area is 106 Å². The number of benzene rings is 2. The molecule has 17 heavy (non-hydrogen) atoms. The van der Waals surface area contributed by atoms with Gasteiger partial charge in [-0.05, 0) is 36.4 Å². The van der Waals surface area contributed by atoms with Crippen molar-refractivity contribution < 1.29 is 4.39 Å². The van der Waals surface area contributed by atoms with Crippen molar-refractivity contribution in [3.63, 3.8) is 0 Å². The van der Waals surface area contributed by atoms with E-state index < -0.39 is 0 Å². The Morgan fingerprint density at radius 1 is 1.06 bits per heavy atom. The average molecular weight is 291 g/mol. The molecule has 0 aliphatic rings. The minimum Gasteiger partial charge on any atom is -0.240 e. The smallest absolute Gasteiger partial charge is 0.123 e. The lowest BCUT2D eigenvalue weighted by Crippen LogP contribution is -1.93. The zero-order valence-electron chi connectivity index (χ0n) is 8.77. The second-order valence-electron chi connectivity index (χ2n) is 3.75. The van der Waals surface area contributed by atoms with Crippen molar-refractivity contribution in [1.82, 2.24) is 9.78 Å². The molecule has 3 aromatic rings. The maximum absolute atomic E-state index is 12.8. The van der Waals surface area contributed by atoms with Crippen molar-refractivity contribution in [2.75, 3.05) is 0 Å². The van der Waals surface area contributed by atoms with Gasteiger partial charge in [0.25, 0.3) is 0 Å². The Hall–Kier alpha value is -1.68. The lowest BCUT2D eigenvalue weighted by atomic mass is 10.3. The van der Waals surface area contributed by atoms with E-state index in [1.807, 2.05) is 24.4 Å². The van der Waals surface area contributed by atoms with E-state index in [0.717, 1.165) is 21.1 Å². The summed E-state index contributed by atoms with van der Waals surface area (Å²) in [6, 6.07) is 12.2. The molecular weight excluding hydrogens is 283 g/mol. The van der Waals surface area contributed by atoms with Crippen molar-refractivity contribution in [3.8, 4) is 5.69 Å². The van der Waals surface area contributed by atoms with E-state index in [9.17, 15) is 4.39 Å². The summed E-state index contributed by atoms with van der Waals surface area (Å²) in [4.78, 5) is 0. The van der Waals surface area contributed by atoms with Crippen molar-refractivity contribution in [2.45, 2.75) is 0 Å². The van der Waals surface area contributed by atoms with Crippen LogP contribution in [-0.4, -0.2) is 9.78 Å². The Morgan fingerprint density at radius 2 is 1.82 bits per heavy atom. The van der Waals surface area contributed by atoms with Gasteiger partial charge in [0, 0.05) is 16.1 Å². The topological polar surface area (TPSA) is 17.8 Å². The Morgan fingerprint density at radius 3 is 2.59 bits per heavy atom. The van der Waals surface area contributed by atoms with Gasteiger partial charge in [-0.1, -0.05) is 22.0 Å². The molecule has 0 saturated heterocycles. The molecule has 1 heterocycles. The molecule has 0 unspecified atom stereocenters. The molecule has 0 aliphatic carbocycles. The SMILES string of the molecule is Fc1ccc(-n2cc3ccc(Br)cc3n2)cc1. The number of aromatic nitrogens is 2. The fraction of sp³-hybridized carbons (Fsp3) is 0. The number of hydrogen-bond acceptors (Lipinski definition) is 1. The van der Waals surface area contributed by atoms with E-state index in [1.165, 1.54) is 12.1 Å². The highest BCUT2D eigenvalue weighted by atomic mass is 79.9. The van der Waals surface area contributed by atoms with Crippen LogP contribution in [0.3, 0.4) is 0 Å². The molecule has 2 nitrogen and oxygen atoms in total. The Kier molecular flexibility index (Phi) is 2.44. The van der Waals surface area contributed by atoms with Crippen LogP contribution >= 0.6 is 15.9 Å². The van der Waals surface area contributed by atoms with E-state index in [4.69, 9.17) is 0 Å². The summed E-state index contributed by atoms with van der Waals surface area (Å²) < 4.78 is 15.6. The summed E-state index contributed by atoms with van der Waals surface area (Å²) in [7, 11) is 0. The van der Waals surface area contributed by atoms with E-state index in [2.05, 4.69) is 21.0 Å². The summed E-state index contributed by atoms with van der Waals surface area (Å²) in [5.41, 5.74) is 1.75. The third-order valence-electron chi connectivity index (χ3n) is 2.56. The van der Waals surface area contributed by atoms with Crippen LogP contribution in [0.2, 0.25) is 0 Å². The minimum absolute atomic E-state index is 0.242. The maximum Gasteiger partial charge on any atom is 0.123 e. The van der Waals surface area contributed by atoms with Crippen LogP contribution in [0.4, 0.5) is 4.39 Å². The van der Waals surface area contributed by atoms with E-state index in [0.29, 0.717) is 0 Å². The standard InChI is InChI=1S/C13H8BrFN2/c14-10-2-1-9-8-17(16-13(9)7-10)12-5-3-11(15)4-6-12/h1-8H. The zero-order chi connectivity index (χ0) is 11.8. The largest absolute Gasteiger partial charge is 0.240 e. The van der Waals surface area contributed by atoms with Crippen molar-refractivity contribution in [1.29, 1.82) is 0 Å². The highest BCUT2D eigenvalue weighted by Crippen LogP contribution is 2.20. The quantitative estimate of drug-likeness (QED) is 0.664. The summed E-state index contributed by atoms with van der Waals surface area (Å²) in [5.74, 6) is -0.242. The molecule has 0 spiro atoms. The first-order valence-electron chi connectivity index (χ1n) is 5.13. The summed E-state index contributed by atoms with van der Waals surface area (Å²) >= 11 is 3.41. The molecule has 0 bridgehead atoms. The van der Waals surface area contributed by atoms with Crippen LogP contribution in [-0.2, 0) is 0 Å². The van der Waals surface area contributed by atoms with E-state index >= 15 is 0 Å². The normalized spacial score (nSPS) is 10.9. The zero-order valence-corrected chi connectivity index (χ0v) is 10.4. The first-order chi connectivity index (χ1) is 8.22. The van der Waals surface area contributed by atoms with Gasteiger partial charge in [-0.3, -0.25) is 0 Å². The summed E-state index contributed by atoms with van der Waals surface area (Å²) in [6.07, 6.45) is 1.93. The monoisotopic (exact) mass is 290 g/mol. The van der Waals surface area contributed by atoms with Crippen molar-refractivity contribution >= 4 is 26.8 Å². The minimum atomic E-state index is -0.242. The van der Waals surface area contributed by atoms with Gasteiger partial charge in [-0.2, -0.15) is 5.10 Å². The molecule has 84 valence electrons. The van der Waals surface area contributed by atoms with Gasteiger partial charge >= 0.3 is 0 Å². The molecule has 0 aliphatic heterocycles. The van der Waals surface area contributed by atoms with Crippen LogP contribution in [0.25, 0.3) is 16.6 Å². The van der Waals surface area contributed by atoms with Crippen molar-refractivity contribution in [2.24, 2.45) is 0 Å². The molecule has 0 radical (unpaired) electrons. The Bertz CT molecular complexity index is 673. The van der Waals surface area contributed by atoms with E-state index in [-0.39, 0.29) is 5.82 Å². The van der Waals surface area contributed by atoms with Crippen molar-refractivity contribution in [3.05, 3.63) is 59.0 Å². The molecule has 0 saturated carbocycles. The molecule has 0 atom stereocenters. The van der Waals surface area contributed by atoms with Gasteiger partial charge < -0.3 is 0 Å². The fourth-order valence-corrected chi connectivity index (χ4v) is 2.06. The molecule has 1 aromatic heterocycles. The van der Waals surface area contributed by atoms with Gasteiger partial charge in [0.05, 0.1) is 11.2 Å². The molecule has 2 aromatic carbocycles. The first-order valence-corrected chi connectivity index (χ1v) is 5.92. The highest BCUT2D eigenvalue weighted by molar-refractivity contribution is 9.10. The van der Waals surface area contributed by atoms with Crippen LogP contribution in [0.5, 0.6) is 0 Å². The van der Waals surface area contributed by atoms with E-state index in [1.54, 1.807) is 16.8 Å². The van der Waals surface area contributed by atoms with Gasteiger partial charge in [-0.25, -0.2) is 9.07 Å². The maximum atomic E-state index is 12.8. The number of halogens is 2. The summed E-state index contributed by atoms with van der Waals surface area (Å²) in [6.45, 7) is 0. The van der Waals surface area contributed by atoms with Crippen LogP contribution in [0.15, 0.2) is 53.1 Å². The molecule has 4 heteroatoms. The van der Waals surface area contributed by atoms with Crippen LogP contribution < -0.4 is 0 Å². The predicted octanol–water partition coefficient (Wildman–Crippen LogP) is 3.93. The lowest BCUT2D eigenvalue weighted by molar-refractivity contribution is 0.627. The second-order valence-corrected chi connectivity index (χ2v) is 4.67. The van der Waals surface area contributed by atoms with Gasteiger partial charge in [0.15, 0.2) is 0 Å². The fourth-order valence-electron chi connectivity index (χ4n) is 1.72. The third-order valence-corrected chi connectivity index (χ3v) is 3.05. The molecule has 3 rings (SSSR count). The summed E-state index contributed by atoms with van der Waals surface area (Å²) in [5, 5.41) is 5.49. The van der Waals surface area contributed by atoms with Gasteiger partial charge in [0.2, 0.25) is 0 Å². The second kappa shape index (κ2) is 3.96. The number of fused-ring (bicyclic) bond motifs is 1. The highest BCUT2D eigenvalue weighted by Gasteiger charge is 2.03. The lowest BCUT2D eigenvalue weighted by Gasteiger charge is -1.99. The van der Waals surface area contributed by atoms with Gasteiger partial charge in [-0.15, -0.1) is 0 Å². The molecular formula is C13H8BrFN2.